The molecule has 0 atom stereocenters. The van der Waals surface area contributed by atoms with E-state index in [0.29, 0.717) is 5.69 Å². The molecule has 1 aromatic rings. The van der Waals surface area contributed by atoms with Crippen molar-refractivity contribution in [2.75, 3.05) is 6.54 Å². The van der Waals surface area contributed by atoms with Gasteiger partial charge in [0.1, 0.15) is 6.54 Å². The fraction of sp³-hybridized carbons (Fsp3) is 0.417. The molecule has 1 amide bonds. The lowest BCUT2D eigenvalue weighted by molar-refractivity contribution is -0.135. The van der Waals surface area contributed by atoms with Gasteiger partial charge in [-0.1, -0.05) is 0 Å². The number of aromatic nitrogens is 1. The van der Waals surface area contributed by atoms with E-state index in [2.05, 4.69) is 4.98 Å². The van der Waals surface area contributed by atoms with Gasteiger partial charge in [0.2, 0.25) is 0 Å². The van der Waals surface area contributed by atoms with Gasteiger partial charge < -0.3 is 10.3 Å². The average molecular weight is 290 g/mol. The van der Waals surface area contributed by atoms with Crippen LogP contribution in [0, 0.1) is 13.8 Å². The van der Waals surface area contributed by atoms with Gasteiger partial charge in [-0.2, -0.15) is 13.2 Å². The number of carbonyl (C=O) groups excluding carboxylic acids is 3. The van der Waals surface area contributed by atoms with Crippen molar-refractivity contribution in [3.8, 4) is 0 Å². The second-order valence-corrected chi connectivity index (χ2v) is 4.31. The summed E-state index contributed by atoms with van der Waals surface area (Å²) in [5.41, 5.74) is 0.730. The topological polar surface area (TPSA) is 79.0 Å². The van der Waals surface area contributed by atoms with E-state index in [0.717, 1.165) is 0 Å². The zero-order valence-electron chi connectivity index (χ0n) is 11.1. The van der Waals surface area contributed by atoms with Gasteiger partial charge in [-0.05, 0) is 26.3 Å². The lowest BCUT2D eigenvalue weighted by Crippen LogP contribution is -2.38. The first-order chi connectivity index (χ1) is 9.04. The summed E-state index contributed by atoms with van der Waals surface area (Å²) < 4.78 is 35.9. The highest BCUT2D eigenvalue weighted by molar-refractivity contribution is 6.42. The number of halogens is 3. The molecular formula is C12H13F3N2O3. The summed E-state index contributed by atoms with van der Waals surface area (Å²) in [6.07, 6.45) is -4.60. The zero-order chi connectivity index (χ0) is 15.7. The number of Topliss-reactive ketones (excluding diaryl/α,β-unsaturated/α-hetero) is 2. The predicted octanol–water partition coefficient (Wildman–Crippen LogP) is 1.70. The highest BCUT2D eigenvalue weighted by Crippen LogP contribution is 2.19. The van der Waals surface area contributed by atoms with E-state index in [1.807, 2.05) is 0 Å². The second kappa shape index (κ2) is 5.48. The maximum absolute atomic E-state index is 12.0. The number of ketones is 2. The molecule has 8 heteroatoms. The number of carbonyl (C=O) groups is 3. The molecule has 0 bridgehead atoms. The van der Waals surface area contributed by atoms with Crippen LogP contribution in [0.3, 0.4) is 0 Å². The van der Waals surface area contributed by atoms with Crippen LogP contribution in [-0.2, 0) is 4.79 Å². The summed E-state index contributed by atoms with van der Waals surface area (Å²) >= 11 is 0. The van der Waals surface area contributed by atoms with Crippen LogP contribution in [0.5, 0.6) is 0 Å². The van der Waals surface area contributed by atoms with Crippen molar-refractivity contribution in [2.24, 2.45) is 0 Å². The molecule has 1 aromatic heterocycles. The van der Waals surface area contributed by atoms with Crippen molar-refractivity contribution in [3.05, 3.63) is 22.5 Å². The fourth-order valence-corrected chi connectivity index (χ4v) is 1.88. The molecule has 0 aliphatic heterocycles. The molecular weight excluding hydrogens is 277 g/mol. The Morgan fingerprint density at radius 1 is 1.20 bits per heavy atom. The quantitative estimate of drug-likeness (QED) is 0.654. The van der Waals surface area contributed by atoms with Gasteiger partial charge in [-0.25, -0.2) is 0 Å². The van der Waals surface area contributed by atoms with Gasteiger partial charge in [-0.3, -0.25) is 14.4 Å². The van der Waals surface area contributed by atoms with Gasteiger partial charge in [0, 0.05) is 11.3 Å². The van der Waals surface area contributed by atoms with Crippen LogP contribution >= 0.6 is 0 Å². The molecule has 0 saturated carbocycles. The number of nitrogens with one attached hydrogen (secondary N) is 2. The minimum atomic E-state index is -4.60. The first kappa shape index (κ1) is 15.9. The van der Waals surface area contributed by atoms with Crippen molar-refractivity contribution in [1.82, 2.24) is 10.3 Å². The molecule has 0 aromatic carbocycles. The SMILES string of the molecule is CC(=O)c1c(C)[nH]c(C(=O)C(=O)NCC(F)(F)F)c1C. The summed E-state index contributed by atoms with van der Waals surface area (Å²) in [5.74, 6) is -2.81. The van der Waals surface area contributed by atoms with Crippen molar-refractivity contribution in [2.45, 2.75) is 26.9 Å². The van der Waals surface area contributed by atoms with E-state index >= 15 is 0 Å². The Labute approximate surface area is 112 Å². The van der Waals surface area contributed by atoms with E-state index in [1.165, 1.54) is 26.1 Å². The van der Waals surface area contributed by atoms with Crippen LogP contribution in [0.25, 0.3) is 0 Å². The Kier molecular flexibility index (Phi) is 4.36. The summed E-state index contributed by atoms with van der Waals surface area (Å²) in [4.78, 5) is 37.0. The van der Waals surface area contributed by atoms with E-state index in [1.54, 1.807) is 0 Å². The highest BCUT2D eigenvalue weighted by atomic mass is 19.4. The molecule has 0 spiro atoms. The first-order valence-electron chi connectivity index (χ1n) is 5.64. The summed E-state index contributed by atoms with van der Waals surface area (Å²) in [5, 5.41) is 1.49. The third-order valence-corrected chi connectivity index (χ3v) is 2.67. The molecule has 1 rings (SSSR count). The van der Waals surface area contributed by atoms with E-state index < -0.39 is 24.4 Å². The lowest BCUT2D eigenvalue weighted by atomic mass is 10.1. The normalized spacial score (nSPS) is 11.3. The van der Waals surface area contributed by atoms with Crippen LogP contribution < -0.4 is 5.32 Å². The molecule has 0 saturated heterocycles. The lowest BCUT2D eigenvalue weighted by Gasteiger charge is -2.07. The number of aromatic amines is 1. The molecule has 2 N–H and O–H groups in total. The van der Waals surface area contributed by atoms with E-state index in [4.69, 9.17) is 0 Å². The van der Waals surface area contributed by atoms with Crippen LogP contribution in [0.1, 0.15) is 39.0 Å². The largest absolute Gasteiger partial charge is 0.405 e. The maximum Gasteiger partial charge on any atom is 0.405 e. The van der Waals surface area contributed by atoms with E-state index in [9.17, 15) is 27.6 Å². The van der Waals surface area contributed by atoms with Gasteiger partial charge in [0.15, 0.2) is 5.78 Å². The molecule has 1 heterocycles. The number of alkyl halides is 3. The fourth-order valence-electron chi connectivity index (χ4n) is 1.88. The molecule has 0 aliphatic carbocycles. The Bertz CT molecular complexity index is 573. The van der Waals surface area contributed by atoms with Gasteiger partial charge in [-0.15, -0.1) is 0 Å². The number of aryl methyl sites for hydroxylation is 1. The predicted molar refractivity (Wildman–Crippen MR) is 63.7 cm³/mol. The van der Waals surface area contributed by atoms with Crippen molar-refractivity contribution in [1.29, 1.82) is 0 Å². The van der Waals surface area contributed by atoms with E-state index in [-0.39, 0.29) is 22.6 Å². The van der Waals surface area contributed by atoms with Crippen LogP contribution in [0.4, 0.5) is 13.2 Å². The number of H-pyrrole nitrogens is 1. The average Bonchev–Trinajstić information content (AvgIpc) is 2.59. The third kappa shape index (κ3) is 3.46. The number of rotatable bonds is 4. The molecule has 0 aliphatic rings. The molecule has 110 valence electrons. The Morgan fingerprint density at radius 3 is 2.15 bits per heavy atom. The molecule has 0 fully saturated rings. The highest BCUT2D eigenvalue weighted by Gasteiger charge is 2.30. The molecule has 20 heavy (non-hydrogen) atoms. The van der Waals surface area contributed by atoms with Crippen molar-refractivity contribution in [3.63, 3.8) is 0 Å². The Morgan fingerprint density at radius 2 is 1.75 bits per heavy atom. The summed E-state index contributed by atoms with van der Waals surface area (Å²) in [7, 11) is 0. The van der Waals surface area contributed by atoms with Gasteiger partial charge in [0.25, 0.3) is 11.7 Å². The second-order valence-electron chi connectivity index (χ2n) is 4.31. The number of hydrogen-bond donors (Lipinski definition) is 2. The molecule has 5 nitrogen and oxygen atoms in total. The number of hydrogen-bond acceptors (Lipinski definition) is 3. The Balaban J connectivity index is 2.96. The van der Waals surface area contributed by atoms with Gasteiger partial charge in [0.05, 0.1) is 5.69 Å². The third-order valence-electron chi connectivity index (χ3n) is 2.67. The number of amides is 1. The van der Waals surface area contributed by atoms with Crippen molar-refractivity contribution < 1.29 is 27.6 Å². The smallest absolute Gasteiger partial charge is 0.355 e. The van der Waals surface area contributed by atoms with Crippen LogP contribution in [0.2, 0.25) is 0 Å². The maximum atomic E-state index is 12.0. The zero-order valence-corrected chi connectivity index (χ0v) is 11.1. The summed E-state index contributed by atoms with van der Waals surface area (Å²) in [6, 6.07) is 0. The standard InChI is InChI=1S/C12H13F3N2O3/c1-5-8(7(3)18)6(2)17-9(5)10(19)11(20)16-4-12(13,14)15/h17H,4H2,1-3H3,(H,16,20). The monoisotopic (exact) mass is 290 g/mol. The molecule has 0 unspecified atom stereocenters. The first-order valence-corrected chi connectivity index (χ1v) is 5.64. The minimum Gasteiger partial charge on any atom is -0.355 e. The van der Waals surface area contributed by atoms with Crippen molar-refractivity contribution >= 4 is 17.5 Å². The van der Waals surface area contributed by atoms with Crippen LogP contribution in [0.15, 0.2) is 0 Å². The summed E-state index contributed by atoms with van der Waals surface area (Å²) in [6.45, 7) is 2.69. The van der Waals surface area contributed by atoms with Gasteiger partial charge >= 0.3 is 6.18 Å². The molecule has 0 radical (unpaired) electrons. The Hall–Kier alpha value is -2.12. The minimum absolute atomic E-state index is 0.174. The van der Waals surface area contributed by atoms with Crippen LogP contribution in [-0.4, -0.2) is 35.2 Å².